The summed E-state index contributed by atoms with van der Waals surface area (Å²) in [6, 6.07) is 15.0. The van der Waals surface area contributed by atoms with Gasteiger partial charge in [-0.25, -0.2) is 0 Å². The highest BCUT2D eigenvalue weighted by molar-refractivity contribution is 14.1. The number of rotatable bonds is 6. The van der Waals surface area contributed by atoms with E-state index in [9.17, 15) is 10.2 Å². The highest BCUT2D eigenvalue weighted by Gasteiger charge is 2.18. The number of halogens is 2. The summed E-state index contributed by atoms with van der Waals surface area (Å²) in [4.78, 5) is 2.86. The Morgan fingerprint density at radius 3 is 1.97 bits per heavy atom. The predicted octanol–water partition coefficient (Wildman–Crippen LogP) is 5.80. The van der Waals surface area contributed by atoms with Crippen molar-refractivity contribution in [2.24, 2.45) is 0 Å². The summed E-state index contributed by atoms with van der Waals surface area (Å²) in [5.41, 5.74) is 4.38. The van der Waals surface area contributed by atoms with Gasteiger partial charge in [0, 0.05) is 24.7 Å². The number of hydrogen-bond donors (Lipinski definition) is 2. The third-order valence-electron chi connectivity index (χ3n) is 5.45. The lowest BCUT2D eigenvalue weighted by atomic mass is 10.0. The van der Waals surface area contributed by atoms with Crippen molar-refractivity contribution in [2.45, 2.75) is 13.3 Å². The van der Waals surface area contributed by atoms with E-state index in [1.165, 1.54) is 9.59 Å². The molecule has 0 fully saturated rings. The summed E-state index contributed by atoms with van der Waals surface area (Å²) in [5, 5.41) is 40.1. The molecule has 0 radical (unpaired) electrons. The van der Waals surface area contributed by atoms with Crippen LogP contribution in [0.2, 0.25) is 0 Å². The summed E-state index contributed by atoms with van der Waals surface area (Å²) in [6.45, 7) is 1.94. The molecule has 0 atom stereocenters. The number of aromatic hydroxyl groups is 2. The van der Waals surface area contributed by atoms with Gasteiger partial charge in [0.05, 0.1) is 6.20 Å². The lowest BCUT2D eigenvalue weighted by Crippen LogP contribution is -2.04. The number of benzene rings is 3. The molecule has 0 amide bonds. The molecule has 2 N–H and O–H groups in total. The zero-order chi connectivity index (χ0) is 25.2. The molecule has 2 aromatic heterocycles. The molecule has 0 aliphatic rings. The highest BCUT2D eigenvalue weighted by Crippen LogP contribution is 2.35. The van der Waals surface area contributed by atoms with Crippen molar-refractivity contribution in [3.05, 3.63) is 96.9 Å². The Morgan fingerprint density at radius 1 is 0.806 bits per heavy atom. The summed E-state index contributed by atoms with van der Waals surface area (Å²) in [7, 11) is 0. The lowest BCUT2D eigenvalue weighted by Gasteiger charge is -2.13. The zero-order valence-electron chi connectivity index (χ0n) is 19.0. The molecule has 0 saturated heterocycles. The third kappa shape index (κ3) is 5.00. The molecular formula is C26H20I2N6O2. The summed E-state index contributed by atoms with van der Waals surface area (Å²) < 4.78 is 1.82. The van der Waals surface area contributed by atoms with E-state index in [4.69, 9.17) is 0 Å². The van der Waals surface area contributed by atoms with Gasteiger partial charge in [0.1, 0.15) is 39.6 Å². The van der Waals surface area contributed by atoms with E-state index in [1.54, 1.807) is 6.20 Å². The first kappa shape index (κ1) is 24.4. The third-order valence-corrected chi connectivity index (χ3v) is 6.69. The first-order valence-electron chi connectivity index (χ1n) is 11.0. The van der Waals surface area contributed by atoms with Crippen LogP contribution in [0.1, 0.15) is 23.7 Å². The maximum absolute atomic E-state index is 11.2. The number of aromatic nitrogens is 6. The number of phenols is 2. The van der Waals surface area contributed by atoms with Crippen molar-refractivity contribution < 1.29 is 10.2 Å². The van der Waals surface area contributed by atoms with Gasteiger partial charge in [-0.3, -0.25) is 0 Å². The minimum absolute atomic E-state index is 0.0535. The Morgan fingerprint density at radius 2 is 1.39 bits per heavy atom. The van der Waals surface area contributed by atoms with Crippen molar-refractivity contribution in [3.8, 4) is 22.9 Å². The van der Waals surface area contributed by atoms with Crippen LogP contribution in [0.4, 0.5) is 0 Å². The topological polar surface area (TPSA) is 102 Å². The van der Waals surface area contributed by atoms with Crippen LogP contribution < -0.4 is 0 Å². The van der Waals surface area contributed by atoms with Crippen LogP contribution in [0.5, 0.6) is 11.5 Å². The van der Waals surface area contributed by atoms with E-state index in [0.29, 0.717) is 34.6 Å². The Kier molecular flexibility index (Phi) is 7.05. The standard InChI is InChI=1S/C26H20I2N6O2/c1-2-3-4-7-20-15-29-33(30-20)23-13-18(27)11-16(25(23)35)10-17-12-19(28)14-24(26(17)36)34-31-21-8-5-6-9-22(21)32-34/h2-9,11-15,35-36H,10H2,1H3/b3-2-,7-4-. The first-order valence-corrected chi connectivity index (χ1v) is 13.2. The highest BCUT2D eigenvalue weighted by atomic mass is 127. The van der Waals surface area contributed by atoms with Gasteiger partial charge in [-0.05, 0) is 94.6 Å². The number of fused-ring (bicyclic) bond motifs is 1. The first-order chi connectivity index (χ1) is 17.4. The Labute approximate surface area is 234 Å². The van der Waals surface area contributed by atoms with Crippen LogP contribution >= 0.6 is 45.2 Å². The van der Waals surface area contributed by atoms with E-state index < -0.39 is 0 Å². The molecule has 0 spiro atoms. The average molecular weight is 702 g/mol. The number of phenolic OH excluding ortho intramolecular Hbond substituents is 2. The normalized spacial score (nSPS) is 11.9. The maximum Gasteiger partial charge on any atom is 0.146 e. The second-order valence-electron chi connectivity index (χ2n) is 7.96. The monoisotopic (exact) mass is 702 g/mol. The molecule has 8 nitrogen and oxygen atoms in total. The van der Waals surface area contributed by atoms with Crippen LogP contribution in [-0.2, 0) is 6.42 Å². The van der Waals surface area contributed by atoms with Gasteiger partial charge in [-0.2, -0.15) is 5.10 Å². The summed E-state index contributed by atoms with van der Waals surface area (Å²) in [5.74, 6) is 0.113. The van der Waals surface area contributed by atoms with Crippen molar-refractivity contribution in [2.75, 3.05) is 0 Å². The molecule has 3 aromatic carbocycles. The molecule has 10 heteroatoms. The predicted molar refractivity (Wildman–Crippen MR) is 156 cm³/mol. The van der Waals surface area contributed by atoms with Gasteiger partial charge >= 0.3 is 0 Å². The van der Waals surface area contributed by atoms with Crippen LogP contribution in [0.15, 0.2) is 73.0 Å². The molecule has 2 heterocycles. The van der Waals surface area contributed by atoms with Gasteiger partial charge in [-0.15, -0.1) is 24.9 Å². The Balaban J connectivity index is 1.52. The van der Waals surface area contributed by atoms with Crippen molar-refractivity contribution >= 4 is 62.3 Å². The van der Waals surface area contributed by atoms with Gasteiger partial charge in [-0.1, -0.05) is 30.4 Å². The second-order valence-corrected chi connectivity index (χ2v) is 10.5. The van der Waals surface area contributed by atoms with Crippen molar-refractivity contribution in [1.29, 1.82) is 0 Å². The quantitative estimate of drug-likeness (QED) is 0.172. The minimum Gasteiger partial charge on any atom is -0.505 e. The van der Waals surface area contributed by atoms with Crippen LogP contribution in [-0.4, -0.2) is 40.2 Å². The smallest absolute Gasteiger partial charge is 0.146 e. The molecule has 0 saturated carbocycles. The number of hydrogen-bond acceptors (Lipinski definition) is 6. The van der Waals surface area contributed by atoms with Crippen LogP contribution in [0.25, 0.3) is 28.5 Å². The summed E-state index contributed by atoms with van der Waals surface area (Å²) >= 11 is 4.40. The van der Waals surface area contributed by atoms with E-state index in [2.05, 4.69) is 65.6 Å². The van der Waals surface area contributed by atoms with Crippen LogP contribution in [0.3, 0.4) is 0 Å². The Hall–Kier alpha value is -3.26. The molecule has 5 aromatic rings. The zero-order valence-corrected chi connectivity index (χ0v) is 23.4. The molecule has 0 aliphatic heterocycles. The summed E-state index contributed by atoms with van der Waals surface area (Å²) in [6.07, 6.45) is 9.48. The lowest BCUT2D eigenvalue weighted by molar-refractivity contribution is 0.455. The number of allylic oxidation sites excluding steroid dienone is 3. The average Bonchev–Trinajstić information content (AvgIpc) is 3.50. The molecule has 36 heavy (non-hydrogen) atoms. The molecule has 0 aliphatic carbocycles. The van der Waals surface area contributed by atoms with E-state index in [0.717, 1.165) is 18.2 Å². The second kappa shape index (κ2) is 10.4. The minimum atomic E-state index is 0.0535. The van der Waals surface area contributed by atoms with Crippen molar-refractivity contribution in [1.82, 2.24) is 30.0 Å². The van der Waals surface area contributed by atoms with Crippen LogP contribution in [0, 0.1) is 7.14 Å². The molecule has 0 bridgehead atoms. The van der Waals surface area contributed by atoms with Gasteiger partial charge in [0.25, 0.3) is 0 Å². The van der Waals surface area contributed by atoms with Gasteiger partial charge in [0.2, 0.25) is 0 Å². The molecule has 180 valence electrons. The number of nitrogens with zero attached hydrogens (tertiary/aromatic N) is 6. The Bertz CT molecular complexity index is 1600. The largest absolute Gasteiger partial charge is 0.505 e. The van der Waals surface area contributed by atoms with E-state index in [1.807, 2.05) is 79.8 Å². The van der Waals surface area contributed by atoms with Crippen molar-refractivity contribution in [3.63, 3.8) is 0 Å². The fraction of sp³-hybridized carbons (Fsp3) is 0.0769. The molecule has 0 unspecified atom stereocenters. The SMILES string of the molecule is C/C=C\C=C/c1cnn(-c2cc(I)cc(Cc3cc(I)cc(-n4nc5ccccc5n4)c3O)c2O)n1. The van der Waals surface area contributed by atoms with E-state index in [-0.39, 0.29) is 11.5 Å². The molecular weight excluding hydrogens is 682 g/mol. The van der Waals surface area contributed by atoms with Gasteiger partial charge < -0.3 is 10.2 Å². The van der Waals surface area contributed by atoms with E-state index >= 15 is 0 Å². The van der Waals surface area contributed by atoms with Gasteiger partial charge in [0.15, 0.2) is 0 Å². The fourth-order valence-electron chi connectivity index (χ4n) is 3.76. The fourth-order valence-corrected chi connectivity index (χ4v) is 5.10. The molecule has 5 rings (SSSR count). The maximum atomic E-state index is 11.2.